The van der Waals surface area contributed by atoms with E-state index in [-0.39, 0.29) is 12.5 Å². The van der Waals surface area contributed by atoms with Gasteiger partial charge in [0.25, 0.3) is 0 Å². The lowest BCUT2D eigenvalue weighted by Crippen LogP contribution is -2.22. The predicted molar refractivity (Wildman–Crippen MR) is 139 cm³/mol. The zero-order valence-electron chi connectivity index (χ0n) is 21.0. The van der Waals surface area contributed by atoms with Crippen molar-refractivity contribution in [1.29, 1.82) is 0 Å². The van der Waals surface area contributed by atoms with E-state index in [1.807, 2.05) is 30.3 Å². The number of carboxylic acids is 2. The first-order valence-electron chi connectivity index (χ1n) is 11.4. The molecule has 2 heterocycles. The van der Waals surface area contributed by atoms with Crippen molar-refractivity contribution in [1.82, 2.24) is 9.97 Å². The number of carbonyl (C=O) groups excluding carboxylic acids is 1. The van der Waals surface area contributed by atoms with Crippen LogP contribution in [0.2, 0.25) is 5.02 Å². The number of alkyl halides is 6. The van der Waals surface area contributed by atoms with Gasteiger partial charge in [-0.25, -0.2) is 14.6 Å². The number of hydrogen-bond donors (Lipinski definition) is 6. The van der Waals surface area contributed by atoms with Crippen LogP contribution in [-0.2, 0) is 27.2 Å². The lowest BCUT2D eigenvalue weighted by Gasteiger charge is -2.14. The minimum Gasteiger partial charge on any atom is -0.475 e. The first-order valence-corrected chi connectivity index (χ1v) is 11.8. The number of nitrogens with two attached hydrogens (primary N) is 1. The molecule has 18 heteroatoms. The van der Waals surface area contributed by atoms with Crippen LogP contribution in [0.25, 0.3) is 0 Å². The highest BCUT2D eigenvalue weighted by Gasteiger charge is 2.38. The Bertz CT molecular complexity index is 1410. The predicted octanol–water partition coefficient (Wildman–Crippen LogP) is 4.88. The normalized spacial score (nSPS) is 12.1. The number of carbonyl (C=O) groups is 3. The molecular formula is C24H21ClF6N6O5. The van der Waals surface area contributed by atoms with Crippen molar-refractivity contribution in [3.63, 3.8) is 0 Å². The van der Waals surface area contributed by atoms with Crippen molar-refractivity contribution in [3.8, 4) is 0 Å². The Kier molecular flexibility index (Phi) is 11.4. The fourth-order valence-electron chi connectivity index (χ4n) is 3.07. The Hall–Kier alpha value is -4.64. The average molecular weight is 623 g/mol. The van der Waals surface area contributed by atoms with Gasteiger partial charge in [0.05, 0.1) is 12.7 Å². The highest BCUT2D eigenvalue weighted by atomic mass is 35.5. The van der Waals surface area contributed by atoms with Gasteiger partial charge in [-0.05, 0) is 54.3 Å². The molecule has 1 aromatic heterocycles. The van der Waals surface area contributed by atoms with Crippen LogP contribution >= 0.6 is 11.6 Å². The summed E-state index contributed by atoms with van der Waals surface area (Å²) in [4.78, 5) is 38.3. The second-order valence-electron chi connectivity index (χ2n) is 8.07. The number of aryl methyl sites for hydroxylation is 2. The number of nitrogens with zero attached hydrogens (tertiary/aromatic N) is 2. The highest BCUT2D eigenvalue weighted by molar-refractivity contribution is 6.32. The fourth-order valence-corrected chi connectivity index (χ4v) is 3.20. The van der Waals surface area contributed by atoms with Gasteiger partial charge in [-0.3, -0.25) is 4.79 Å². The second kappa shape index (κ2) is 14.3. The molecular weight excluding hydrogens is 602 g/mol. The van der Waals surface area contributed by atoms with Crippen LogP contribution in [0.3, 0.4) is 0 Å². The van der Waals surface area contributed by atoms with E-state index in [0.717, 1.165) is 41.0 Å². The van der Waals surface area contributed by atoms with Crippen molar-refractivity contribution in [2.24, 2.45) is 5.73 Å². The number of carboxylic acid groups (broad SMARTS) is 2. The van der Waals surface area contributed by atoms with Crippen LogP contribution in [0.15, 0.2) is 48.7 Å². The Morgan fingerprint density at radius 2 is 1.52 bits per heavy atom. The van der Waals surface area contributed by atoms with Gasteiger partial charge >= 0.3 is 24.3 Å². The van der Waals surface area contributed by atoms with E-state index < -0.39 is 24.3 Å². The first kappa shape index (κ1) is 33.6. The van der Waals surface area contributed by atoms with E-state index in [9.17, 15) is 31.1 Å². The Labute approximate surface area is 237 Å². The number of nitrogens with one attached hydrogen (secondary N) is 3. The van der Waals surface area contributed by atoms with Crippen LogP contribution < -0.4 is 21.7 Å². The van der Waals surface area contributed by atoms with Crippen molar-refractivity contribution in [2.45, 2.75) is 25.2 Å². The number of rotatable bonds is 2. The number of anilines is 5. The molecule has 0 atom stereocenters. The quantitative estimate of drug-likeness (QED) is 0.216. The van der Waals surface area contributed by atoms with Crippen molar-refractivity contribution in [3.05, 3.63) is 64.8 Å². The molecule has 1 aliphatic rings. The Balaban J connectivity index is 0.000000367. The molecule has 0 fully saturated rings. The van der Waals surface area contributed by atoms with Gasteiger partial charge < -0.3 is 31.9 Å². The van der Waals surface area contributed by atoms with E-state index in [1.165, 1.54) is 0 Å². The minimum atomic E-state index is -5.08. The van der Waals surface area contributed by atoms with E-state index in [0.29, 0.717) is 16.8 Å². The SMILES string of the molecule is NCC(=O)Nc1ccc2cc1CCc1cccc(c1)Nc1ncc(Cl)c(n1)N2.O=C(O)C(F)(F)F.O=C(O)C(F)(F)F. The summed E-state index contributed by atoms with van der Waals surface area (Å²) in [7, 11) is 0. The second-order valence-corrected chi connectivity index (χ2v) is 8.48. The summed E-state index contributed by atoms with van der Waals surface area (Å²) in [6.45, 7) is -0.0630. The largest absolute Gasteiger partial charge is 0.490 e. The van der Waals surface area contributed by atoms with Crippen molar-refractivity contribution in [2.75, 3.05) is 22.5 Å². The third-order valence-corrected chi connectivity index (χ3v) is 5.20. The average Bonchev–Trinajstić information content (AvgIpc) is 2.90. The topological polar surface area (TPSA) is 180 Å². The van der Waals surface area contributed by atoms with Gasteiger partial charge in [-0.15, -0.1) is 0 Å². The maximum atomic E-state index is 11.8. The molecule has 3 aromatic rings. The molecule has 1 amide bonds. The number of halogens is 7. The van der Waals surface area contributed by atoms with Crippen LogP contribution in [0.5, 0.6) is 0 Å². The first-order chi connectivity index (χ1) is 19.5. The number of hydrogen-bond acceptors (Lipinski definition) is 8. The summed E-state index contributed by atoms with van der Waals surface area (Å²) in [5.41, 5.74) is 10.1. The molecule has 0 unspecified atom stereocenters. The molecule has 226 valence electrons. The van der Waals surface area contributed by atoms with Crippen LogP contribution in [0.4, 0.5) is 55.2 Å². The van der Waals surface area contributed by atoms with Gasteiger partial charge in [-0.2, -0.15) is 31.3 Å². The van der Waals surface area contributed by atoms with Crippen LogP contribution in [0.1, 0.15) is 11.1 Å². The number of amides is 1. The van der Waals surface area contributed by atoms with E-state index in [2.05, 4.69) is 38.1 Å². The molecule has 7 N–H and O–H groups in total. The Morgan fingerprint density at radius 3 is 2.10 bits per heavy atom. The molecule has 0 saturated heterocycles. The standard InChI is InChI=1S/C20H19ClN6O.2C2HF3O2/c21-16-11-23-20-25-14-3-1-2-12(8-14)4-5-13-9-15(24-19(16)27-20)6-7-17(13)26-18(28)10-22;2*3-2(4,5)1(6)7/h1-3,6-9,11H,4-5,10,22H2,(H,26,28)(H2,23,24,25,27);2*(H,6,7). The van der Waals surface area contributed by atoms with Crippen LogP contribution in [0, 0.1) is 0 Å². The van der Waals surface area contributed by atoms with Gasteiger partial charge in [0.2, 0.25) is 11.9 Å². The molecule has 4 rings (SSSR count). The molecule has 0 spiro atoms. The molecule has 42 heavy (non-hydrogen) atoms. The molecule has 0 radical (unpaired) electrons. The Morgan fingerprint density at radius 1 is 0.929 bits per heavy atom. The third-order valence-electron chi connectivity index (χ3n) is 4.92. The van der Waals surface area contributed by atoms with E-state index >= 15 is 0 Å². The van der Waals surface area contributed by atoms with Gasteiger partial charge in [0, 0.05) is 17.1 Å². The molecule has 1 aliphatic heterocycles. The number of benzene rings is 2. The summed E-state index contributed by atoms with van der Waals surface area (Å²) in [5, 5.41) is 24.0. The maximum Gasteiger partial charge on any atom is 0.490 e. The molecule has 6 bridgehead atoms. The number of fused-ring (bicyclic) bond motifs is 6. The minimum absolute atomic E-state index is 0.0630. The summed E-state index contributed by atoms with van der Waals surface area (Å²) in [6.07, 6.45) is -7.06. The lowest BCUT2D eigenvalue weighted by molar-refractivity contribution is -0.193. The monoisotopic (exact) mass is 622 g/mol. The molecule has 0 saturated carbocycles. The van der Waals surface area contributed by atoms with Crippen LogP contribution in [-0.4, -0.2) is 56.9 Å². The van der Waals surface area contributed by atoms with Crippen molar-refractivity contribution >= 4 is 58.3 Å². The van der Waals surface area contributed by atoms with Gasteiger partial charge in [0.15, 0.2) is 5.82 Å². The van der Waals surface area contributed by atoms with E-state index in [1.54, 1.807) is 6.20 Å². The smallest absolute Gasteiger partial charge is 0.475 e. The number of aromatic nitrogens is 2. The molecule has 0 aliphatic carbocycles. The number of aliphatic carboxylic acids is 2. The summed E-state index contributed by atoms with van der Waals surface area (Å²) in [6, 6.07) is 13.8. The molecule has 11 nitrogen and oxygen atoms in total. The molecule has 2 aromatic carbocycles. The van der Waals surface area contributed by atoms with E-state index in [4.69, 9.17) is 37.1 Å². The highest BCUT2D eigenvalue weighted by Crippen LogP contribution is 2.29. The zero-order valence-corrected chi connectivity index (χ0v) is 21.7. The zero-order chi connectivity index (χ0) is 31.7. The summed E-state index contributed by atoms with van der Waals surface area (Å²) >= 11 is 6.27. The van der Waals surface area contributed by atoms with Crippen molar-refractivity contribution < 1.29 is 50.9 Å². The summed E-state index contributed by atoms with van der Waals surface area (Å²) in [5.74, 6) is -4.79. The third kappa shape index (κ3) is 10.7. The fraction of sp³-hybridized carbons (Fsp3) is 0.208. The van der Waals surface area contributed by atoms with Gasteiger partial charge in [-0.1, -0.05) is 23.7 Å². The van der Waals surface area contributed by atoms with Gasteiger partial charge in [0.1, 0.15) is 5.02 Å². The lowest BCUT2D eigenvalue weighted by atomic mass is 10.0. The summed E-state index contributed by atoms with van der Waals surface area (Å²) < 4.78 is 63.5. The maximum absolute atomic E-state index is 11.8.